The van der Waals surface area contributed by atoms with Crippen LogP contribution in [0.15, 0.2) is 12.7 Å². The van der Waals surface area contributed by atoms with Crippen molar-refractivity contribution < 1.29 is 33.4 Å². The second kappa shape index (κ2) is 9.69. The Balaban J connectivity index is 3.54. The SMILES string of the molecule is C=CC(=O)OCCCCCCOC(=O)C(C)P(=O)(O)O. The molecule has 8 heteroatoms. The lowest BCUT2D eigenvalue weighted by Gasteiger charge is -2.12. The summed E-state index contributed by atoms with van der Waals surface area (Å²) in [7, 11) is -4.43. The van der Waals surface area contributed by atoms with Gasteiger partial charge in [-0.2, -0.15) is 0 Å². The lowest BCUT2D eigenvalue weighted by molar-refractivity contribution is -0.143. The minimum Gasteiger partial charge on any atom is -0.465 e. The molecule has 20 heavy (non-hydrogen) atoms. The fourth-order valence-corrected chi connectivity index (χ4v) is 1.57. The molecule has 0 rings (SSSR count). The van der Waals surface area contributed by atoms with Crippen molar-refractivity contribution in [2.45, 2.75) is 38.3 Å². The van der Waals surface area contributed by atoms with E-state index < -0.39 is 25.2 Å². The molecule has 0 aromatic rings. The van der Waals surface area contributed by atoms with Crippen LogP contribution in [-0.2, 0) is 23.6 Å². The molecule has 0 heterocycles. The highest BCUT2D eigenvalue weighted by Crippen LogP contribution is 2.41. The minimum atomic E-state index is -4.43. The predicted molar refractivity (Wildman–Crippen MR) is 72.1 cm³/mol. The second-order valence-electron chi connectivity index (χ2n) is 4.22. The van der Waals surface area contributed by atoms with E-state index in [0.29, 0.717) is 19.4 Å². The van der Waals surface area contributed by atoms with Gasteiger partial charge in [-0.3, -0.25) is 9.36 Å². The van der Waals surface area contributed by atoms with E-state index in [4.69, 9.17) is 19.3 Å². The number of hydrogen-bond donors (Lipinski definition) is 2. The third kappa shape index (κ3) is 8.85. The minimum absolute atomic E-state index is 0.121. The first kappa shape index (κ1) is 18.8. The first-order valence-electron chi connectivity index (χ1n) is 6.30. The van der Waals surface area contributed by atoms with E-state index in [1.807, 2.05) is 0 Å². The van der Waals surface area contributed by atoms with E-state index in [2.05, 4.69) is 6.58 Å². The fraction of sp³-hybridized carbons (Fsp3) is 0.667. The molecule has 0 aliphatic carbocycles. The molecule has 1 atom stereocenters. The maximum absolute atomic E-state index is 11.3. The van der Waals surface area contributed by atoms with Crippen LogP contribution in [0.4, 0.5) is 0 Å². The summed E-state index contributed by atoms with van der Waals surface area (Å²) in [5.74, 6) is -1.34. The highest BCUT2D eigenvalue weighted by molar-refractivity contribution is 7.53. The Morgan fingerprint density at radius 1 is 1.15 bits per heavy atom. The van der Waals surface area contributed by atoms with Gasteiger partial charge in [0, 0.05) is 6.08 Å². The summed E-state index contributed by atoms with van der Waals surface area (Å²) in [6.45, 7) is 4.85. The Kier molecular flexibility index (Phi) is 9.12. The molecule has 0 aromatic heterocycles. The predicted octanol–water partition coefficient (Wildman–Crippen LogP) is 1.39. The molecule has 116 valence electrons. The van der Waals surface area contributed by atoms with Gasteiger partial charge < -0.3 is 19.3 Å². The van der Waals surface area contributed by atoms with Crippen molar-refractivity contribution in [3.63, 3.8) is 0 Å². The quantitative estimate of drug-likeness (QED) is 0.271. The maximum atomic E-state index is 11.3. The Labute approximate surface area is 118 Å². The number of esters is 2. The Hall–Kier alpha value is -1.17. The zero-order valence-electron chi connectivity index (χ0n) is 11.5. The van der Waals surface area contributed by atoms with Gasteiger partial charge in [-0.25, -0.2) is 4.79 Å². The Morgan fingerprint density at radius 3 is 2.10 bits per heavy atom. The highest BCUT2D eigenvalue weighted by atomic mass is 31.2. The lowest BCUT2D eigenvalue weighted by atomic mass is 10.2. The largest absolute Gasteiger partial charge is 0.465 e. The van der Waals surface area contributed by atoms with Crippen LogP contribution in [0, 0.1) is 0 Å². The summed E-state index contributed by atoms with van der Waals surface area (Å²) in [5, 5.41) is 0. The van der Waals surface area contributed by atoms with Gasteiger partial charge >= 0.3 is 19.5 Å². The average molecular weight is 308 g/mol. The molecule has 0 aromatic carbocycles. The summed E-state index contributed by atoms with van der Waals surface area (Å²) >= 11 is 0. The number of unbranched alkanes of at least 4 members (excludes halogenated alkanes) is 3. The van der Waals surface area contributed by atoms with Crippen LogP contribution in [0.5, 0.6) is 0 Å². The van der Waals surface area contributed by atoms with Crippen LogP contribution in [0.2, 0.25) is 0 Å². The highest BCUT2D eigenvalue weighted by Gasteiger charge is 2.32. The molecule has 0 aliphatic heterocycles. The van der Waals surface area contributed by atoms with Gasteiger partial charge in [0.1, 0.15) is 0 Å². The summed E-state index contributed by atoms with van der Waals surface area (Å²) in [4.78, 5) is 39.5. The first-order chi connectivity index (χ1) is 9.29. The molecule has 0 amide bonds. The third-order valence-electron chi connectivity index (χ3n) is 2.54. The monoisotopic (exact) mass is 308 g/mol. The van der Waals surface area contributed by atoms with E-state index in [9.17, 15) is 14.2 Å². The molecule has 7 nitrogen and oxygen atoms in total. The van der Waals surface area contributed by atoms with E-state index in [-0.39, 0.29) is 6.61 Å². The molecule has 2 N–H and O–H groups in total. The van der Waals surface area contributed by atoms with Crippen molar-refractivity contribution in [1.82, 2.24) is 0 Å². The van der Waals surface area contributed by atoms with Crippen LogP contribution < -0.4 is 0 Å². The van der Waals surface area contributed by atoms with Gasteiger partial charge in [0.25, 0.3) is 0 Å². The van der Waals surface area contributed by atoms with E-state index in [1.165, 1.54) is 0 Å². The van der Waals surface area contributed by atoms with Crippen LogP contribution in [0.25, 0.3) is 0 Å². The Morgan fingerprint density at radius 2 is 1.65 bits per heavy atom. The van der Waals surface area contributed by atoms with E-state index in [0.717, 1.165) is 25.8 Å². The number of carbonyl (C=O) groups is 2. The fourth-order valence-electron chi connectivity index (χ4n) is 1.22. The number of hydrogen-bond acceptors (Lipinski definition) is 5. The summed E-state index contributed by atoms with van der Waals surface area (Å²) < 4.78 is 20.3. The van der Waals surface area contributed by atoms with Crippen molar-refractivity contribution in [1.29, 1.82) is 0 Å². The number of ether oxygens (including phenoxy) is 2. The lowest BCUT2D eigenvalue weighted by Crippen LogP contribution is -2.20. The van der Waals surface area contributed by atoms with Gasteiger partial charge in [-0.15, -0.1) is 0 Å². The average Bonchev–Trinajstić information content (AvgIpc) is 2.39. The van der Waals surface area contributed by atoms with E-state index >= 15 is 0 Å². The van der Waals surface area contributed by atoms with Crippen molar-refractivity contribution in [3.8, 4) is 0 Å². The molecule has 0 bridgehead atoms. The maximum Gasteiger partial charge on any atom is 0.339 e. The number of rotatable bonds is 10. The molecule has 0 fully saturated rings. The van der Waals surface area contributed by atoms with E-state index in [1.54, 1.807) is 0 Å². The number of carbonyl (C=O) groups excluding carboxylic acids is 2. The van der Waals surface area contributed by atoms with Crippen molar-refractivity contribution in [3.05, 3.63) is 12.7 Å². The first-order valence-corrected chi connectivity index (χ1v) is 7.98. The smallest absolute Gasteiger partial charge is 0.339 e. The molecular formula is C12H21O7P. The third-order valence-corrected chi connectivity index (χ3v) is 3.76. The molecule has 0 saturated heterocycles. The second-order valence-corrected chi connectivity index (χ2v) is 6.17. The van der Waals surface area contributed by atoms with Gasteiger partial charge in [0.2, 0.25) is 0 Å². The van der Waals surface area contributed by atoms with Crippen LogP contribution in [0.3, 0.4) is 0 Å². The van der Waals surface area contributed by atoms with Crippen molar-refractivity contribution in [2.75, 3.05) is 13.2 Å². The zero-order valence-corrected chi connectivity index (χ0v) is 12.4. The van der Waals surface area contributed by atoms with Crippen LogP contribution in [-0.4, -0.2) is 40.6 Å². The van der Waals surface area contributed by atoms with Gasteiger partial charge in [-0.1, -0.05) is 6.58 Å². The van der Waals surface area contributed by atoms with Crippen LogP contribution in [0.1, 0.15) is 32.6 Å². The van der Waals surface area contributed by atoms with Gasteiger partial charge in [0.15, 0.2) is 5.66 Å². The molecule has 0 aliphatic rings. The molecular weight excluding hydrogens is 287 g/mol. The van der Waals surface area contributed by atoms with Crippen LogP contribution >= 0.6 is 7.60 Å². The molecule has 0 radical (unpaired) electrons. The molecule has 0 spiro atoms. The topological polar surface area (TPSA) is 110 Å². The van der Waals surface area contributed by atoms with Crippen molar-refractivity contribution >= 4 is 19.5 Å². The normalized spacial score (nSPS) is 12.6. The summed E-state index contributed by atoms with van der Waals surface area (Å²) in [5.41, 5.74) is -1.43. The molecule has 1 unspecified atom stereocenters. The summed E-state index contributed by atoms with van der Waals surface area (Å²) in [6.07, 6.45) is 3.96. The van der Waals surface area contributed by atoms with Gasteiger partial charge in [0.05, 0.1) is 13.2 Å². The standard InChI is InChI=1S/C12H21O7P/c1-3-11(13)18-8-6-4-5-7-9-19-12(14)10(2)20(15,16)17/h3,10H,1,4-9H2,2H3,(H2,15,16,17). The summed E-state index contributed by atoms with van der Waals surface area (Å²) in [6, 6.07) is 0. The van der Waals surface area contributed by atoms with Gasteiger partial charge in [-0.05, 0) is 32.6 Å². The Bertz CT molecular complexity index is 374. The zero-order chi connectivity index (χ0) is 15.6. The molecule has 0 saturated carbocycles. The van der Waals surface area contributed by atoms with Crippen molar-refractivity contribution in [2.24, 2.45) is 0 Å².